The predicted octanol–water partition coefficient (Wildman–Crippen LogP) is 2.88. The molecule has 0 aliphatic carbocycles. The topological polar surface area (TPSA) is 84.1 Å². The second-order valence-electron chi connectivity index (χ2n) is 8.85. The molecule has 1 N–H and O–H groups in total. The van der Waals surface area contributed by atoms with E-state index in [2.05, 4.69) is 35.8 Å². The number of carbonyl (C=O) groups is 1. The summed E-state index contributed by atoms with van der Waals surface area (Å²) >= 11 is 0. The monoisotopic (exact) mass is 403 g/mol. The Morgan fingerprint density at radius 3 is 2.77 bits per heavy atom. The quantitative estimate of drug-likeness (QED) is 0.558. The molecule has 8 heteroatoms. The zero-order chi connectivity index (χ0) is 21.0. The molecule has 0 saturated carbocycles. The second kappa shape index (κ2) is 6.55. The molecule has 5 heterocycles. The third kappa shape index (κ3) is 2.91. The number of fused-ring (bicyclic) bond motifs is 2. The summed E-state index contributed by atoms with van der Waals surface area (Å²) in [5.74, 6) is -0.0591. The summed E-state index contributed by atoms with van der Waals surface area (Å²) < 4.78 is 3.52. The Morgan fingerprint density at radius 1 is 1.20 bits per heavy atom. The fraction of sp³-hybridized carbons (Fsp3) is 0.364. The molecule has 0 bridgehead atoms. The number of rotatable bonds is 2. The first-order valence-corrected chi connectivity index (χ1v) is 10.1. The van der Waals surface area contributed by atoms with Crippen LogP contribution in [0.4, 0.5) is 0 Å². The second-order valence-corrected chi connectivity index (χ2v) is 8.85. The standard InChI is InChI=1S/C22H25N7O/c1-22(2,3)18-12-17(27(4)26-18)21(30)28-10-8-15-19(24-13-23-15)20(28)16-11-14-7-5-6-9-29(14)25-16/h5-7,9,11-13,20H,8,10H2,1-4H3,(H,23,24). The first-order valence-electron chi connectivity index (χ1n) is 10.1. The van der Waals surface area contributed by atoms with E-state index in [9.17, 15) is 4.79 Å². The van der Waals surface area contributed by atoms with Gasteiger partial charge in [-0.05, 0) is 24.3 Å². The normalized spacial score (nSPS) is 16.8. The molecule has 1 aliphatic heterocycles. The van der Waals surface area contributed by atoms with E-state index in [0.29, 0.717) is 12.2 Å². The molecule has 8 nitrogen and oxygen atoms in total. The number of pyridine rings is 1. The summed E-state index contributed by atoms with van der Waals surface area (Å²) in [5.41, 5.74) is 5.05. The minimum absolute atomic E-state index is 0.0591. The van der Waals surface area contributed by atoms with Crippen LogP contribution >= 0.6 is 0 Å². The predicted molar refractivity (Wildman–Crippen MR) is 112 cm³/mol. The highest BCUT2D eigenvalue weighted by molar-refractivity contribution is 5.93. The number of aryl methyl sites for hydroxylation is 1. The maximum absolute atomic E-state index is 13.7. The fourth-order valence-corrected chi connectivity index (χ4v) is 4.07. The van der Waals surface area contributed by atoms with Gasteiger partial charge in [-0.2, -0.15) is 10.2 Å². The summed E-state index contributed by atoms with van der Waals surface area (Å²) in [6.45, 7) is 6.88. The Balaban J connectivity index is 1.60. The maximum atomic E-state index is 13.7. The molecule has 30 heavy (non-hydrogen) atoms. The van der Waals surface area contributed by atoms with Crippen LogP contribution in [0.1, 0.15) is 60.1 Å². The van der Waals surface area contributed by atoms with Crippen LogP contribution in [0.3, 0.4) is 0 Å². The average Bonchev–Trinajstić information content (AvgIpc) is 3.43. The summed E-state index contributed by atoms with van der Waals surface area (Å²) in [5, 5.41) is 9.35. The molecule has 0 fully saturated rings. The molecule has 5 rings (SSSR count). The number of nitrogens with zero attached hydrogens (tertiary/aromatic N) is 6. The SMILES string of the molecule is Cn1nc(C(C)(C)C)cc1C(=O)N1CCc2[nH]cnc2C1c1cc2ccccn2n1. The molecule has 4 aromatic heterocycles. The van der Waals surface area contributed by atoms with Gasteiger partial charge in [0.1, 0.15) is 11.7 Å². The van der Waals surface area contributed by atoms with Gasteiger partial charge in [-0.1, -0.05) is 26.8 Å². The minimum atomic E-state index is -0.347. The van der Waals surface area contributed by atoms with Crippen LogP contribution in [0, 0.1) is 0 Å². The molecule has 0 aromatic carbocycles. The van der Waals surface area contributed by atoms with E-state index in [1.807, 2.05) is 53.0 Å². The number of imidazole rings is 1. The lowest BCUT2D eigenvalue weighted by Gasteiger charge is -2.33. The van der Waals surface area contributed by atoms with Crippen LogP contribution in [0.5, 0.6) is 0 Å². The smallest absolute Gasteiger partial charge is 0.273 e. The number of aromatic amines is 1. The fourth-order valence-electron chi connectivity index (χ4n) is 4.07. The Bertz CT molecular complexity index is 1210. The van der Waals surface area contributed by atoms with Crippen LogP contribution in [-0.2, 0) is 18.9 Å². The lowest BCUT2D eigenvalue weighted by molar-refractivity contribution is 0.0675. The van der Waals surface area contributed by atoms with Crippen molar-refractivity contribution in [1.29, 1.82) is 0 Å². The van der Waals surface area contributed by atoms with E-state index >= 15 is 0 Å². The lowest BCUT2D eigenvalue weighted by atomic mass is 9.92. The molecular formula is C22H25N7O. The van der Waals surface area contributed by atoms with Crippen LogP contribution in [0.25, 0.3) is 5.52 Å². The van der Waals surface area contributed by atoms with Gasteiger partial charge in [0.2, 0.25) is 0 Å². The summed E-state index contributed by atoms with van der Waals surface area (Å²) in [6, 6.07) is 9.52. The van der Waals surface area contributed by atoms with E-state index in [4.69, 9.17) is 5.10 Å². The zero-order valence-electron chi connectivity index (χ0n) is 17.6. The molecular weight excluding hydrogens is 378 g/mol. The first kappa shape index (κ1) is 18.6. The highest BCUT2D eigenvalue weighted by Crippen LogP contribution is 2.34. The van der Waals surface area contributed by atoms with Crippen molar-refractivity contribution >= 4 is 11.4 Å². The molecule has 4 aromatic rings. The van der Waals surface area contributed by atoms with Gasteiger partial charge in [-0.15, -0.1) is 0 Å². The highest BCUT2D eigenvalue weighted by atomic mass is 16.2. The highest BCUT2D eigenvalue weighted by Gasteiger charge is 2.37. The zero-order valence-corrected chi connectivity index (χ0v) is 17.6. The first-order chi connectivity index (χ1) is 14.3. The third-order valence-corrected chi connectivity index (χ3v) is 5.72. The Kier molecular flexibility index (Phi) is 4.06. The van der Waals surface area contributed by atoms with Gasteiger partial charge < -0.3 is 9.88 Å². The Morgan fingerprint density at radius 2 is 2.03 bits per heavy atom. The Hall–Kier alpha value is -3.42. The number of H-pyrrole nitrogens is 1. The largest absolute Gasteiger partial charge is 0.348 e. The minimum Gasteiger partial charge on any atom is -0.348 e. The molecule has 1 aliphatic rings. The number of hydrogen-bond donors (Lipinski definition) is 1. The summed E-state index contributed by atoms with van der Waals surface area (Å²) in [4.78, 5) is 23.3. The van der Waals surface area contributed by atoms with Crippen molar-refractivity contribution in [3.63, 3.8) is 0 Å². The van der Waals surface area contributed by atoms with Gasteiger partial charge in [0.25, 0.3) is 5.91 Å². The molecule has 0 saturated heterocycles. The van der Waals surface area contributed by atoms with Crippen molar-refractivity contribution in [1.82, 2.24) is 34.3 Å². The van der Waals surface area contributed by atoms with Gasteiger partial charge in [-0.25, -0.2) is 9.50 Å². The number of nitrogens with one attached hydrogen (secondary N) is 1. The Labute approximate surface area is 174 Å². The van der Waals surface area contributed by atoms with Gasteiger partial charge in [0, 0.05) is 37.3 Å². The average molecular weight is 403 g/mol. The maximum Gasteiger partial charge on any atom is 0.273 e. The summed E-state index contributed by atoms with van der Waals surface area (Å²) in [6.07, 6.45) is 4.34. The van der Waals surface area contributed by atoms with Crippen LogP contribution in [-0.4, -0.2) is 46.7 Å². The van der Waals surface area contributed by atoms with Crippen LogP contribution < -0.4 is 0 Å². The van der Waals surface area contributed by atoms with Crippen molar-refractivity contribution in [2.24, 2.45) is 7.05 Å². The van der Waals surface area contributed by atoms with E-state index < -0.39 is 0 Å². The van der Waals surface area contributed by atoms with Gasteiger partial charge in [0.05, 0.1) is 28.9 Å². The number of hydrogen-bond acceptors (Lipinski definition) is 4. The van der Waals surface area contributed by atoms with Crippen molar-refractivity contribution in [2.45, 2.75) is 38.6 Å². The van der Waals surface area contributed by atoms with E-state index in [1.165, 1.54) is 0 Å². The van der Waals surface area contributed by atoms with Gasteiger partial charge in [-0.3, -0.25) is 9.48 Å². The van der Waals surface area contributed by atoms with Gasteiger partial charge >= 0.3 is 0 Å². The van der Waals surface area contributed by atoms with E-state index in [1.54, 1.807) is 11.0 Å². The van der Waals surface area contributed by atoms with Crippen LogP contribution in [0.15, 0.2) is 42.9 Å². The summed E-state index contributed by atoms with van der Waals surface area (Å²) in [7, 11) is 1.83. The molecule has 1 unspecified atom stereocenters. The van der Waals surface area contributed by atoms with Crippen LogP contribution in [0.2, 0.25) is 0 Å². The molecule has 154 valence electrons. The molecule has 0 spiro atoms. The van der Waals surface area contributed by atoms with E-state index in [0.717, 1.165) is 34.7 Å². The molecule has 1 amide bonds. The lowest BCUT2D eigenvalue weighted by Crippen LogP contribution is -2.41. The molecule has 1 atom stereocenters. The van der Waals surface area contributed by atoms with Crippen molar-refractivity contribution < 1.29 is 4.79 Å². The van der Waals surface area contributed by atoms with Crippen molar-refractivity contribution in [3.05, 3.63) is 71.3 Å². The van der Waals surface area contributed by atoms with Crippen molar-refractivity contribution in [3.8, 4) is 0 Å². The van der Waals surface area contributed by atoms with E-state index in [-0.39, 0.29) is 17.4 Å². The molecule has 0 radical (unpaired) electrons. The number of aromatic nitrogens is 6. The van der Waals surface area contributed by atoms with Crippen molar-refractivity contribution in [2.75, 3.05) is 6.54 Å². The number of carbonyl (C=O) groups excluding carboxylic acids is 1. The van der Waals surface area contributed by atoms with Gasteiger partial charge in [0.15, 0.2) is 0 Å². The third-order valence-electron chi connectivity index (χ3n) is 5.72. The number of amides is 1.